The molecule has 2 atom stereocenters. The molecule has 0 aromatic carbocycles. The maximum absolute atomic E-state index is 5.71. The average Bonchev–Trinajstić information content (AvgIpc) is 2.71. The van der Waals surface area contributed by atoms with E-state index in [0.29, 0.717) is 11.2 Å². The number of terminal acetylenes is 1. The summed E-state index contributed by atoms with van der Waals surface area (Å²) in [4.78, 5) is 0. The second kappa shape index (κ2) is 6.74. The van der Waals surface area contributed by atoms with E-state index >= 15 is 0 Å². The van der Waals surface area contributed by atoms with Crippen LogP contribution in [0.15, 0.2) is 21.2 Å². The summed E-state index contributed by atoms with van der Waals surface area (Å²) in [6.45, 7) is 2.56. The summed E-state index contributed by atoms with van der Waals surface area (Å²) < 4.78 is 6.17. The van der Waals surface area contributed by atoms with Gasteiger partial charge < -0.3 is 10.2 Å². The van der Waals surface area contributed by atoms with E-state index in [1.54, 1.807) is 0 Å². The van der Waals surface area contributed by atoms with Gasteiger partial charge in [0, 0.05) is 6.54 Å². The lowest BCUT2D eigenvalue weighted by molar-refractivity contribution is 0.385. The Morgan fingerprint density at radius 2 is 2.38 bits per heavy atom. The van der Waals surface area contributed by atoms with Crippen molar-refractivity contribution in [2.24, 2.45) is 5.73 Å². The Kier molecular flexibility index (Phi) is 5.61. The van der Waals surface area contributed by atoms with Crippen LogP contribution >= 0.6 is 15.9 Å². The van der Waals surface area contributed by atoms with Gasteiger partial charge in [0.15, 0.2) is 4.67 Å². The monoisotopic (exact) mass is 284 g/mol. The number of hydrogen-bond acceptors (Lipinski definition) is 3. The zero-order chi connectivity index (χ0) is 12.0. The maximum atomic E-state index is 5.71. The third kappa shape index (κ3) is 3.67. The van der Waals surface area contributed by atoms with Crippen molar-refractivity contribution in [1.82, 2.24) is 5.32 Å². The van der Waals surface area contributed by atoms with E-state index < -0.39 is 0 Å². The van der Waals surface area contributed by atoms with Crippen molar-refractivity contribution in [2.45, 2.75) is 31.8 Å². The second-order valence-corrected chi connectivity index (χ2v) is 4.39. The van der Waals surface area contributed by atoms with Crippen LogP contribution in [0.1, 0.15) is 31.6 Å². The van der Waals surface area contributed by atoms with E-state index in [2.05, 4.69) is 34.1 Å². The fourth-order valence-corrected chi connectivity index (χ4v) is 1.85. The van der Waals surface area contributed by atoms with Crippen LogP contribution in [0.2, 0.25) is 0 Å². The highest BCUT2D eigenvalue weighted by molar-refractivity contribution is 9.10. The van der Waals surface area contributed by atoms with Gasteiger partial charge in [-0.05, 0) is 34.5 Å². The van der Waals surface area contributed by atoms with Crippen LogP contribution in [0.25, 0.3) is 0 Å². The summed E-state index contributed by atoms with van der Waals surface area (Å²) in [5.41, 5.74) is 5.71. The Labute approximate surface area is 105 Å². The highest BCUT2D eigenvalue weighted by Crippen LogP contribution is 2.20. The Bertz CT molecular complexity index is 356. The van der Waals surface area contributed by atoms with Gasteiger partial charge in [0.25, 0.3) is 0 Å². The van der Waals surface area contributed by atoms with Gasteiger partial charge in [-0.15, -0.1) is 6.42 Å². The zero-order valence-electron chi connectivity index (χ0n) is 9.37. The molecule has 16 heavy (non-hydrogen) atoms. The van der Waals surface area contributed by atoms with E-state index in [-0.39, 0.29) is 12.1 Å². The molecule has 1 heterocycles. The molecule has 0 spiro atoms. The van der Waals surface area contributed by atoms with Gasteiger partial charge in [-0.2, -0.15) is 0 Å². The number of nitrogens with one attached hydrogen (secondary N) is 1. The average molecular weight is 285 g/mol. The number of furan rings is 1. The summed E-state index contributed by atoms with van der Waals surface area (Å²) >= 11 is 3.27. The first-order valence-electron chi connectivity index (χ1n) is 5.38. The molecular weight excluding hydrogens is 268 g/mol. The molecule has 0 aliphatic rings. The molecule has 0 aliphatic heterocycles. The zero-order valence-corrected chi connectivity index (χ0v) is 11.0. The fraction of sp³-hybridized carbons (Fsp3) is 0.500. The largest absolute Gasteiger partial charge is 0.453 e. The normalized spacial score (nSPS) is 14.4. The van der Waals surface area contributed by atoms with Crippen molar-refractivity contribution in [3.63, 3.8) is 0 Å². The summed E-state index contributed by atoms with van der Waals surface area (Å²) in [6, 6.07) is 3.76. The highest BCUT2D eigenvalue weighted by Gasteiger charge is 2.16. The maximum Gasteiger partial charge on any atom is 0.169 e. The van der Waals surface area contributed by atoms with Crippen molar-refractivity contribution in [2.75, 3.05) is 6.54 Å². The van der Waals surface area contributed by atoms with Gasteiger partial charge in [0.2, 0.25) is 0 Å². The van der Waals surface area contributed by atoms with Gasteiger partial charge in [0.05, 0.1) is 12.1 Å². The molecule has 4 heteroatoms. The molecule has 0 bridgehead atoms. The molecule has 3 nitrogen and oxygen atoms in total. The Morgan fingerprint density at radius 3 is 2.81 bits per heavy atom. The first-order valence-corrected chi connectivity index (χ1v) is 6.18. The van der Waals surface area contributed by atoms with E-state index in [1.165, 1.54) is 0 Å². The minimum Gasteiger partial charge on any atom is -0.453 e. The van der Waals surface area contributed by atoms with E-state index in [0.717, 1.165) is 18.6 Å². The smallest absolute Gasteiger partial charge is 0.169 e. The standard InChI is InChI=1S/C12H17BrN2O/c1-3-5-9(4-2)15-10(8-14)11-6-7-12(13)16-11/h2,6-7,9-10,15H,3,5,8,14H2,1H3. The van der Waals surface area contributed by atoms with Crippen molar-refractivity contribution in [3.05, 3.63) is 22.6 Å². The van der Waals surface area contributed by atoms with E-state index in [9.17, 15) is 0 Å². The summed E-state index contributed by atoms with van der Waals surface area (Å²) in [5, 5.41) is 3.31. The molecule has 1 rings (SSSR count). The van der Waals surface area contributed by atoms with Crippen LogP contribution in [0, 0.1) is 12.3 Å². The first kappa shape index (κ1) is 13.3. The molecule has 0 saturated carbocycles. The van der Waals surface area contributed by atoms with Gasteiger partial charge in [0.1, 0.15) is 5.76 Å². The van der Waals surface area contributed by atoms with Gasteiger partial charge >= 0.3 is 0 Å². The molecule has 3 N–H and O–H groups in total. The third-order valence-corrected chi connectivity index (χ3v) is 2.78. The van der Waals surface area contributed by atoms with Crippen LogP contribution in [-0.2, 0) is 0 Å². The summed E-state index contributed by atoms with van der Waals surface area (Å²) in [5.74, 6) is 3.54. The number of halogens is 1. The molecule has 0 fully saturated rings. The Morgan fingerprint density at radius 1 is 1.62 bits per heavy atom. The SMILES string of the molecule is C#CC(CCC)NC(CN)c1ccc(Br)o1. The fourth-order valence-electron chi connectivity index (χ4n) is 1.53. The Balaban J connectivity index is 2.65. The van der Waals surface area contributed by atoms with Crippen molar-refractivity contribution in [1.29, 1.82) is 0 Å². The molecular formula is C12H17BrN2O. The molecule has 0 amide bonds. The summed E-state index contributed by atoms with van der Waals surface area (Å²) in [7, 11) is 0. The van der Waals surface area contributed by atoms with Crippen LogP contribution in [-0.4, -0.2) is 12.6 Å². The number of rotatable bonds is 6. The minimum absolute atomic E-state index is 0.0288. The van der Waals surface area contributed by atoms with Gasteiger partial charge in [-0.3, -0.25) is 5.32 Å². The van der Waals surface area contributed by atoms with Gasteiger partial charge in [-0.1, -0.05) is 19.3 Å². The third-order valence-electron chi connectivity index (χ3n) is 2.35. The van der Waals surface area contributed by atoms with Crippen molar-refractivity contribution >= 4 is 15.9 Å². The molecule has 0 saturated heterocycles. The van der Waals surface area contributed by atoms with E-state index in [1.807, 2.05) is 12.1 Å². The van der Waals surface area contributed by atoms with Crippen LogP contribution in [0.5, 0.6) is 0 Å². The summed E-state index contributed by atoms with van der Waals surface area (Å²) in [6.07, 6.45) is 7.43. The number of hydrogen-bond donors (Lipinski definition) is 2. The van der Waals surface area contributed by atoms with Gasteiger partial charge in [-0.25, -0.2) is 0 Å². The molecule has 0 radical (unpaired) electrons. The lowest BCUT2D eigenvalue weighted by Crippen LogP contribution is -2.35. The molecule has 0 aliphatic carbocycles. The van der Waals surface area contributed by atoms with Crippen LogP contribution < -0.4 is 11.1 Å². The van der Waals surface area contributed by atoms with Crippen LogP contribution in [0.3, 0.4) is 0 Å². The predicted molar refractivity (Wildman–Crippen MR) is 68.9 cm³/mol. The molecule has 1 aromatic rings. The van der Waals surface area contributed by atoms with Crippen molar-refractivity contribution < 1.29 is 4.42 Å². The van der Waals surface area contributed by atoms with E-state index in [4.69, 9.17) is 16.6 Å². The highest BCUT2D eigenvalue weighted by atomic mass is 79.9. The van der Waals surface area contributed by atoms with Crippen LogP contribution in [0.4, 0.5) is 0 Å². The first-order chi connectivity index (χ1) is 7.71. The number of nitrogens with two attached hydrogens (primary N) is 1. The Hall–Kier alpha value is -0.760. The lowest BCUT2D eigenvalue weighted by atomic mass is 10.1. The molecule has 2 unspecified atom stereocenters. The molecule has 88 valence electrons. The molecule has 1 aromatic heterocycles. The quantitative estimate of drug-likeness (QED) is 0.789. The lowest BCUT2D eigenvalue weighted by Gasteiger charge is -2.19. The predicted octanol–water partition coefficient (Wildman–Crippen LogP) is 2.43. The topological polar surface area (TPSA) is 51.2 Å². The van der Waals surface area contributed by atoms with Crippen molar-refractivity contribution in [3.8, 4) is 12.3 Å². The minimum atomic E-state index is -0.0288. The second-order valence-electron chi connectivity index (χ2n) is 3.60.